The first-order valence-corrected chi connectivity index (χ1v) is 6.93. The Balaban J connectivity index is 3.04. The van der Waals surface area contributed by atoms with Crippen LogP contribution >= 0.6 is 0 Å². The number of aliphatic hydroxyl groups is 1. The van der Waals surface area contributed by atoms with Crippen molar-refractivity contribution in [2.75, 3.05) is 13.4 Å². The molecule has 9 heavy (non-hydrogen) atoms. The molecule has 0 saturated heterocycles. The highest BCUT2D eigenvalue weighted by Gasteiger charge is 2.11. The molecular formula is C6H16O2Si. The summed E-state index contributed by atoms with van der Waals surface area (Å²) in [6.45, 7) is 7.70. The summed E-state index contributed by atoms with van der Waals surface area (Å²) in [7, 11) is -0.949. The van der Waals surface area contributed by atoms with E-state index in [1.807, 2.05) is 0 Å². The molecular weight excluding hydrogens is 132 g/mol. The van der Waals surface area contributed by atoms with Gasteiger partial charge in [0.15, 0.2) is 0 Å². The molecule has 0 unspecified atom stereocenters. The van der Waals surface area contributed by atoms with E-state index < -0.39 is 8.07 Å². The normalized spacial score (nSPS) is 13.4. The monoisotopic (exact) mass is 149 g/mol. The van der Waals surface area contributed by atoms with Crippen molar-refractivity contribution in [2.45, 2.75) is 25.7 Å². The van der Waals surface area contributed by atoms with E-state index >= 15 is 0 Å². The van der Waals surface area contributed by atoms with Crippen LogP contribution in [0.1, 0.15) is 0 Å². The van der Waals surface area contributed by atoms with Gasteiger partial charge in [0.2, 0.25) is 1.43 Å². The third-order valence-corrected chi connectivity index (χ3v) is 2.78. The number of hydrogen-bond acceptors (Lipinski definition) is 2. The Bertz CT molecular complexity index is 82.3. The minimum atomic E-state index is -0.949. The van der Waals surface area contributed by atoms with Gasteiger partial charge in [-0.25, -0.2) is 0 Å². The molecule has 0 aliphatic carbocycles. The number of rotatable bonds is 5. The van der Waals surface area contributed by atoms with Crippen molar-refractivity contribution in [1.82, 2.24) is 0 Å². The standard InChI is InChI=1S/C6H16O2Si/c1-9(2,3)5-4-8-6-7/h7H,4-6H2,1-3H3/i7D. The van der Waals surface area contributed by atoms with Gasteiger partial charge in [-0.3, -0.25) is 0 Å². The van der Waals surface area contributed by atoms with Crippen molar-refractivity contribution in [3.63, 3.8) is 0 Å². The van der Waals surface area contributed by atoms with Crippen molar-refractivity contribution in [1.29, 1.82) is 1.43 Å². The molecule has 0 fully saturated rings. The molecule has 1 N–H and O–H groups in total. The van der Waals surface area contributed by atoms with Gasteiger partial charge in [0.25, 0.3) is 0 Å². The highest BCUT2D eigenvalue weighted by molar-refractivity contribution is 6.76. The molecule has 0 atom stereocenters. The van der Waals surface area contributed by atoms with Crippen LogP contribution in [-0.2, 0) is 4.74 Å². The van der Waals surface area contributed by atoms with E-state index in [4.69, 9.17) is 6.17 Å². The van der Waals surface area contributed by atoms with Crippen LogP contribution in [-0.4, -0.2) is 28.0 Å². The second-order valence-corrected chi connectivity index (χ2v) is 8.96. The van der Waals surface area contributed by atoms with E-state index in [2.05, 4.69) is 24.7 Å². The molecule has 0 radical (unpaired) electrons. The molecule has 0 heterocycles. The Morgan fingerprint density at radius 1 is 1.56 bits per heavy atom. The summed E-state index contributed by atoms with van der Waals surface area (Å²) in [4.78, 5) is 0. The number of aliphatic hydroxyl groups excluding tert-OH is 1. The van der Waals surface area contributed by atoms with Crippen LogP contribution < -0.4 is 0 Å². The lowest BCUT2D eigenvalue weighted by Gasteiger charge is -2.14. The molecule has 0 aromatic rings. The van der Waals surface area contributed by atoms with Crippen LogP contribution in [0, 0.1) is 0 Å². The van der Waals surface area contributed by atoms with Crippen molar-refractivity contribution >= 4 is 8.07 Å². The molecule has 0 saturated carbocycles. The molecule has 0 amide bonds. The largest absolute Gasteiger partial charge is 0.371 e. The van der Waals surface area contributed by atoms with E-state index in [0.717, 1.165) is 12.7 Å². The van der Waals surface area contributed by atoms with Crippen LogP contribution in [0.5, 0.6) is 0 Å². The molecule has 0 aromatic carbocycles. The third kappa shape index (κ3) is 8.14. The van der Waals surface area contributed by atoms with Crippen LogP contribution in [0.4, 0.5) is 0 Å². The van der Waals surface area contributed by atoms with Gasteiger partial charge in [-0.2, -0.15) is 0 Å². The summed E-state index contributed by atoms with van der Waals surface area (Å²) in [6.07, 6.45) is 0. The lowest BCUT2D eigenvalue weighted by atomic mass is 10.9. The maximum atomic E-state index is 6.32. The second kappa shape index (κ2) is 4.03. The Hall–Kier alpha value is 0.137. The van der Waals surface area contributed by atoms with Gasteiger partial charge in [-0.15, -0.1) is 0 Å². The Labute approximate surface area is 59.3 Å². The first-order valence-electron chi connectivity index (χ1n) is 3.63. The fourth-order valence-corrected chi connectivity index (χ4v) is 1.19. The summed E-state index contributed by atoms with van der Waals surface area (Å²) in [6, 6.07) is 1.14. The van der Waals surface area contributed by atoms with Crippen molar-refractivity contribution in [2.24, 2.45) is 0 Å². The highest BCUT2D eigenvalue weighted by Crippen LogP contribution is 2.06. The van der Waals surface area contributed by atoms with E-state index in [-0.39, 0.29) is 6.79 Å². The highest BCUT2D eigenvalue weighted by atomic mass is 28.3. The van der Waals surface area contributed by atoms with Gasteiger partial charge in [-0.05, 0) is 6.04 Å². The van der Waals surface area contributed by atoms with Crippen molar-refractivity contribution < 1.29 is 9.85 Å². The van der Waals surface area contributed by atoms with Crippen LogP contribution in [0.2, 0.25) is 25.7 Å². The first kappa shape index (κ1) is 7.25. The molecule has 0 aromatic heterocycles. The predicted molar refractivity (Wildman–Crippen MR) is 41.2 cm³/mol. The van der Waals surface area contributed by atoms with E-state index in [0.29, 0.717) is 0 Å². The fraction of sp³-hybridized carbons (Fsp3) is 1.00. The van der Waals surface area contributed by atoms with Gasteiger partial charge in [-0.1, -0.05) is 19.6 Å². The molecule has 2 nitrogen and oxygen atoms in total. The van der Waals surface area contributed by atoms with Crippen molar-refractivity contribution in [3.8, 4) is 0 Å². The molecule has 0 aliphatic rings. The minimum absolute atomic E-state index is 0.102. The van der Waals surface area contributed by atoms with Crippen LogP contribution in [0.15, 0.2) is 0 Å². The third-order valence-electron chi connectivity index (χ3n) is 1.08. The van der Waals surface area contributed by atoms with Gasteiger partial charge >= 0.3 is 0 Å². The lowest BCUT2D eigenvalue weighted by molar-refractivity contribution is 0.00507. The van der Waals surface area contributed by atoms with E-state index in [1.54, 1.807) is 0 Å². The Kier molecular flexibility index (Phi) is 3.25. The van der Waals surface area contributed by atoms with Crippen molar-refractivity contribution in [3.05, 3.63) is 0 Å². The average molecular weight is 149 g/mol. The first-order chi connectivity index (χ1) is 4.56. The molecule has 3 heteroatoms. The van der Waals surface area contributed by atoms with Gasteiger partial charge in [0.05, 0.1) is 0 Å². The Morgan fingerprint density at radius 2 is 2.22 bits per heavy atom. The van der Waals surface area contributed by atoms with E-state index in [9.17, 15) is 0 Å². The topological polar surface area (TPSA) is 29.5 Å². The molecule has 0 aliphatic heterocycles. The lowest BCUT2D eigenvalue weighted by Crippen LogP contribution is -2.21. The maximum Gasteiger partial charge on any atom is 0.213 e. The number of hydrogen-bond donors (Lipinski definition) is 1. The SMILES string of the molecule is [2H]OCOCC[Si](C)(C)C. The molecule has 0 bridgehead atoms. The zero-order chi connectivity index (χ0) is 8.04. The number of ether oxygens (including phenoxy) is 1. The summed E-state index contributed by atoms with van der Waals surface area (Å²) >= 11 is 0. The summed E-state index contributed by atoms with van der Waals surface area (Å²) < 4.78 is 11.3. The molecule has 56 valence electrons. The average Bonchev–Trinajstić information content (AvgIpc) is 1.78. The predicted octanol–water partition coefficient (Wildman–Crippen LogP) is 1.29. The summed E-state index contributed by atoms with van der Waals surface area (Å²) in [5, 5.41) is 4.00. The fourth-order valence-electron chi connectivity index (χ4n) is 0.437. The molecule has 0 spiro atoms. The van der Waals surface area contributed by atoms with E-state index in [1.165, 1.54) is 0 Å². The zero-order valence-corrected chi connectivity index (χ0v) is 7.44. The quantitative estimate of drug-likeness (QED) is 0.362. The van der Waals surface area contributed by atoms with Crippen LogP contribution in [0.25, 0.3) is 0 Å². The van der Waals surface area contributed by atoms with Gasteiger partial charge in [0, 0.05) is 14.7 Å². The molecule has 0 rings (SSSR count). The summed E-state index contributed by atoms with van der Waals surface area (Å²) in [5.74, 6) is 0. The Morgan fingerprint density at radius 3 is 2.67 bits per heavy atom. The summed E-state index contributed by atoms with van der Waals surface area (Å²) in [5.41, 5.74) is 0. The smallest absolute Gasteiger partial charge is 0.213 e. The van der Waals surface area contributed by atoms with Gasteiger partial charge in [0.1, 0.15) is 6.79 Å². The maximum absolute atomic E-state index is 6.32. The van der Waals surface area contributed by atoms with Crippen LogP contribution in [0.3, 0.4) is 0 Å². The second-order valence-electron chi connectivity index (χ2n) is 3.34. The minimum Gasteiger partial charge on any atom is -0.371 e. The zero-order valence-electron chi connectivity index (χ0n) is 7.44. The van der Waals surface area contributed by atoms with Gasteiger partial charge < -0.3 is 9.85 Å².